The van der Waals surface area contributed by atoms with Crippen LogP contribution in [0.25, 0.3) is 0 Å². The van der Waals surface area contributed by atoms with Gasteiger partial charge in [-0.2, -0.15) is 0 Å². The molecule has 20 nitrogen and oxygen atoms in total. The summed E-state index contributed by atoms with van der Waals surface area (Å²) >= 11 is 0. The van der Waals surface area contributed by atoms with Gasteiger partial charge < -0.3 is 61.3 Å². The molecule has 0 aliphatic heterocycles. The molecule has 0 aromatic heterocycles. The lowest BCUT2D eigenvalue weighted by atomic mass is 9.78. The summed E-state index contributed by atoms with van der Waals surface area (Å²) in [6.45, 7) is 42.9. The molecule has 4 aliphatic rings. The van der Waals surface area contributed by atoms with Crippen molar-refractivity contribution in [3.8, 4) is 0 Å². The van der Waals surface area contributed by atoms with Gasteiger partial charge in [0.1, 0.15) is 45.3 Å². The van der Waals surface area contributed by atoms with Crippen LogP contribution in [0.5, 0.6) is 0 Å². The van der Waals surface area contributed by atoms with Crippen LogP contribution in [-0.4, -0.2) is 154 Å². The highest BCUT2D eigenvalue weighted by Crippen LogP contribution is 2.48. The highest BCUT2D eigenvalue weighted by molar-refractivity contribution is 6.26. The van der Waals surface area contributed by atoms with E-state index in [1.165, 1.54) is 0 Å². The molecule has 12 N–H and O–H groups in total. The molecular formula is C81H130O20. The van der Waals surface area contributed by atoms with Gasteiger partial charge in [0.05, 0.1) is 48.1 Å². The van der Waals surface area contributed by atoms with Crippen molar-refractivity contribution in [3.05, 3.63) is 91.9 Å². The number of hydrogen-bond donors (Lipinski definition) is 12. The number of rotatable bonds is 34. The maximum Gasteiger partial charge on any atom is 0.176 e. The van der Waals surface area contributed by atoms with E-state index in [-0.39, 0.29) is 66.7 Å². The summed E-state index contributed by atoms with van der Waals surface area (Å²) in [4.78, 5) is 101. The Hall–Kier alpha value is -5.84. The SMILES string of the molecule is CC(C)=CCC(O)C1(O)C(O)=C(C(=O)C(C)C)C(=O)[C@H]1CCC(C)C.CC(C)=CCC(O)C1(O)C(O)=C(C(=O)CC(C)C)C(=O)[C@H]1CCC(C)C.CCC(=O)C1=C(O)C(O)(C(O)CC=C(C)C)[C@H](CCC(C)C)C1=O.CCC(C)C(=O)C1=C(O)C(O)(C(O)CC=C(C)C)[C@H](CCC(C)C)C1=O. The molecule has 13 atom stereocenters. The molecule has 0 fully saturated rings. The monoisotopic (exact) mass is 1420 g/mol. The van der Waals surface area contributed by atoms with Gasteiger partial charge in [-0.15, -0.1) is 0 Å². The van der Waals surface area contributed by atoms with Crippen LogP contribution >= 0.6 is 0 Å². The molecule has 0 saturated heterocycles. The maximum atomic E-state index is 12.9. The van der Waals surface area contributed by atoms with Gasteiger partial charge in [0.25, 0.3) is 0 Å². The zero-order chi connectivity index (χ0) is 78.6. The lowest BCUT2D eigenvalue weighted by Gasteiger charge is -2.34. The topological polar surface area (TPSA) is 379 Å². The molecule has 101 heavy (non-hydrogen) atoms. The van der Waals surface area contributed by atoms with Crippen LogP contribution in [-0.2, 0) is 38.4 Å². The van der Waals surface area contributed by atoms with Crippen molar-refractivity contribution in [2.75, 3.05) is 0 Å². The van der Waals surface area contributed by atoms with Gasteiger partial charge in [-0.1, -0.05) is 176 Å². The standard InChI is InChI=1S/2C21H34O5.C20H32O5.C19H30O5/c1-12(2)7-9-15-19(24)18(16(22)11-14(5)6)20(25)21(15,26)17(23)10-8-13(3)4;1-7-14(6)18(23)17-19(24)15(10-8-12(2)3)21(26,20(17)25)16(22)11-9-13(4)5;1-11(2)7-9-14-18(23)16(17(22)13(5)6)19(24)20(14,25)15(21)10-8-12(3)4;1-6-14(20)16-17(22)13(9-7-11(2)3)19(24,18(16)23)15(21)10-8-12(4)5/h8,12,14-15,17,23,25-26H,7,9-11H2,1-6H3;9,12,14-16,22,25-26H,7-8,10-11H2,1-6H3;8,11,13-15,21,24-25H,7,9-10H2,1-6H3;8,11,13,15,21,23-24H,6-7,9-10H2,1-5H3/t15-,17?,21?;14?,15-,16?,21?;14-,15?,20?;13-,15?,19?/m1111/s1. The molecule has 0 aromatic rings. The lowest BCUT2D eigenvalue weighted by Crippen LogP contribution is -2.49. The fourth-order valence-corrected chi connectivity index (χ4v) is 12.9. The molecule has 0 radical (unpaired) electrons. The minimum Gasteiger partial charge on any atom is -0.508 e. The average Bonchev–Trinajstić information content (AvgIpc) is 1.62. The number of hydrogen-bond acceptors (Lipinski definition) is 20. The maximum absolute atomic E-state index is 12.9. The van der Waals surface area contributed by atoms with Crippen molar-refractivity contribution in [2.24, 2.45) is 65.1 Å². The number of Topliss-reactive ketones (excluding diaryl/α,β-unsaturated/α-hetero) is 8. The van der Waals surface area contributed by atoms with Crippen LogP contribution in [0.3, 0.4) is 0 Å². The summed E-state index contributed by atoms with van der Waals surface area (Å²) in [5.74, 6) is -10.5. The van der Waals surface area contributed by atoms with Crippen LogP contribution in [0.2, 0.25) is 0 Å². The van der Waals surface area contributed by atoms with Crippen LogP contribution in [0.4, 0.5) is 0 Å². The minimum atomic E-state index is -2.11. The van der Waals surface area contributed by atoms with Crippen LogP contribution < -0.4 is 0 Å². The Balaban J connectivity index is 0.000000674. The normalized spacial score (nSPS) is 25.1. The molecule has 0 heterocycles. The van der Waals surface area contributed by atoms with E-state index >= 15 is 0 Å². The molecule has 0 saturated carbocycles. The molecule has 0 spiro atoms. The second-order valence-electron chi connectivity index (χ2n) is 31.9. The van der Waals surface area contributed by atoms with E-state index in [1.54, 1.807) is 52.0 Å². The van der Waals surface area contributed by atoms with Gasteiger partial charge in [0.15, 0.2) is 68.7 Å². The van der Waals surface area contributed by atoms with E-state index in [2.05, 4.69) is 0 Å². The van der Waals surface area contributed by atoms with Crippen molar-refractivity contribution >= 4 is 46.3 Å². The van der Waals surface area contributed by atoms with E-state index in [1.807, 2.05) is 132 Å². The third kappa shape index (κ3) is 23.1. The Morgan fingerprint density at radius 1 is 0.366 bits per heavy atom. The third-order valence-electron chi connectivity index (χ3n) is 19.6. The van der Waals surface area contributed by atoms with Crippen molar-refractivity contribution in [1.29, 1.82) is 0 Å². The first-order valence-corrected chi connectivity index (χ1v) is 36.6. The molecule has 0 amide bonds. The van der Waals surface area contributed by atoms with E-state index in [9.17, 15) is 99.6 Å². The summed E-state index contributed by atoms with van der Waals surface area (Å²) in [6.07, 6.45) is 6.42. The summed E-state index contributed by atoms with van der Waals surface area (Å²) in [6, 6.07) is 0. The van der Waals surface area contributed by atoms with Gasteiger partial charge in [0, 0.05) is 24.7 Å². The Kier molecular flexibility index (Phi) is 37.3. The number of aliphatic hydroxyl groups is 12. The largest absolute Gasteiger partial charge is 0.508 e. The first-order valence-electron chi connectivity index (χ1n) is 36.6. The van der Waals surface area contributed by atoms with E-state index in [4.69, 9.17) is 0 Å². The fraction of sp³-hybridized carbons (Fsp3) is 0.704. The second kappa shape index (κ2) is 40.4. The van der Waals surface area contributed by atoms with Gasteiger partial charge in [-0.25, -0.2) is 0 Å². The highest BCUT2D eigenvalue weighted by atomic mass is 16.4. The summed E-state index contributed by atoms with van der Waals surface area (Å²) in [5, 5.41) is 129. The zero-order valence-corrected chi connectivity index (χ0v) is 65.2. The van der Waals surface area contributed by atoms with Crippen LogP contribution in [0.15, 0.2) is 91.9 Å². The molecule has 0 aromatic carbocycles. The summed E-state index contributed by atoms with van der Waals surface area (Å²) in [7, 11) is 0. The predicted molar refractivity (Wildman–Crippen MR) is 393 cm³/mol. The average molecular weight is 1420 g/mol. The van der Waals surface area contributed by atoms with E-state index < -0.39 is 152 Å². The Morgan fingerprint density at radius 3 is 0.802 bits per heavy atom. The van der Waals surface area contributed by atoms with E-state index in [0.717, 1.165) is 22.3 Å². The molecular weight excluding hydrogens is 1290 g/mol. The number of aliphatic hydroxyl groups excluding tert-OH is 8. The van der Waals surface area contributed by atoms with Crippen molar-refractivity contribution in [3.63, 3.8) is 0 Å². The minimum absolute atomic E-state index is 0.0222. The van der Waals surface area contributed by atoms with Crippen LogP contribution in [0.1, 0.15) is 256 Å². The number of carbonyl (C=O) groups excluding carboxylic acids is 8. The van der Waals surface area contributed by atoms with E-state index in [0.29, 0.717) is 81.5 Å². The Bertz CT molecular complexity index is 3160. The Morgan fingerprint density at radius 2 is 0.594 bits per heavy atom. The first kappa shape index (κ1) is 93.2. The molecule has 0 bridgehead atoms. The molecule has 574 valence electrons. The van der Waals surface area contributed by atoms with Crippen molar-refractivity contribution in [2.45, 2.75) is 302 Å². The van der Waals surface area contributed by atoms with Gasteiger partial charge in [0.2, 0.25) is 0 Å². The highest BCUT2D eigenvalue weighted by Gasteiger charge is 2.62. The fourth-order valence-electron chi connectivity index (χ4n) is 12.9. The molecule has 20 heteroatoms. The number of ketones is 8. The number of carbonyl (C=O) groups is 8. The molecule has 9 unspecified atom stereocenters. The van der Waals surface area contributed by atoms with Gasteiger partial charge >= 0.3 is 0 Å². The smallest absolute Gasteiger partial charge is 0.176 e. The predicted octanol–water partition coefficient (Wildman–Crippen LogP) is 13.0. The molecule has 4 aliphatic carbocycles. The summed E-state index contributed by atoms with van der Waals surface area (Å²) < 4.78 is 0. The number of allylic oxidation sites excluding steroid dienone is 8. The second-order valence-corrected chi connectivity index (χ2v) is 31.9. The van der Waals surface area contributed by atoms with Crippen molar-refractivity contribution < 1.29 is 99.6 Å². The van der Waals surface area contributed by atoms with Gasteiger partial charge in [-0.3, -0.25) is 38.4 Å². The van der Waals surface area contributed by atoms with Gasteiger partial charge in [-0.05, 0) is 143 Å². The summed E-state index contributed by atoms with van der Waals surface area (Å²) in [5.41, 5.74) is -5.97. The lowest BCUT2D eigenvalue weighted by molar-refractivity contribution is -0.137. The zero-order valence-electron chi connectivity index (χ0n) is 65.2. The molecule has 4 rings (SSSR count). The third-order valence-corrected chi connectivity index (χ3v) is 19.6. The van der Waals surface area contributed by atoms with Crippen molar-refractivity contribution in [1.82, 2.24) is 0 Å². The first-order chi connectivity index (χ1) is 46.4. The van der Waals surface area contributed by atoms with Crippen LogP contribution in [0, 0.1) is 65.1 Å². The Labute approximate surface area is 602 Å². The quantitative estimate of drug-likeness (QED) is 0.0210.